The molecule has 0 amide bonds. The van der Waals surface area contributed by atoms with Crippen molar-refractivity contribution >= 4 is 0 Å². The van der Waals surface area contributed by atoms with Gasteiger partial charge in [-0.05, 0) is 60.9 Å². The van der Waals surface area contributed by atoms with Crippen LogP contribution in [-0.2, 0) is 5.41 Å². The smallest absolute Gasteiger partial charge is 0.247 e. The van der Waals surface area contributed by atoms with Crippen LogP contribution in [0.15, 0.2) is 81.7 Å². The highest BCUT2D eigenvalue weighted by atomic mass is 16.7. The van der Waals surface area contributed by atoms with Gasteiger partial charge in [-0.2, -0.15) is 0 Å². The molecule has 8 heteroatoms. The maximum absolute atomic E-state index is 9.74. The normalized spacial score (nSPS) is 15.3. The summed E-state index contributed by atoms with van der Waals surface area (Å²) in [5, 5.41) is 22.9. The number of ether oxygens (including phenoxy) is 2. The Labute approximate surface area is 199 Å². The summed E-state index contributed by atoms with van der Waals surface area (Å²) in [6, 6.07) is 22.5. The van der Waals surface area contributed by atoms with Crippen molar-refractivity contribution in [1.29, 1.82) is 0 Å². The molecule has 35 heavy (non-hydrogen) atoms. The van der Waals surface area contributed by atoms with E-state index in [4.69, 9.17) is 18.4 Å². The predicted molar refractivity (Wildman–Crippen MR) is 125 cm³/mol. The highest BCUT2D eigenvalue weighted by Gasteiger charge is 2.56. The molecule has 1 N–H and O–H groups in total. The summed E-state index contributed by atoms with van der Waals surface area (Å²) in [5.41, 5.74) is 3.63. The van der Waals surface area contributed by atoms with E-state index in [0.717, 1.165) is 35.1 Å². The van der Waals surface area contributed by atoms with E-state index in [-0.39, 0.29) is 12.5 Å². The Hall–Kier alpha value is -4.59. The third-order valence-electron chi connectivity index (χ3n) is 6.53. The van der Waals surface area contributed by atoms with Crippen LogP contribution in [0, 0.1) is 0 Å². The highest BCUT2D eigenvalue weighted by molar-refractivity contribution is 5.83. The second-order valence-corrected chi connectivity index (χ2v) is 8.71. The second kappa shape index (κ2) is 7.46. The first kappa shape index (κ1) is 19.8. The van der Waals surface area contributed by atoms with Crippen molar-refractivity contribution in [3.05, 3.63) is 84.4 Å². The Morgan fingerprint density at radius 2 is 1.54 bits per heavy atom. The SMILES string of the molecule is Oc1ccc(-c2noc(C3(c4nnc(-c5ccc6c(c5)OCO6)o4)CC3)c2-c2ccccc2)cc1. The molecule has 1 fully saturated rings. The van der Waals surface area contributed by atoms with E-state index >= 15 is 0 Å². The van der Waals surface area contributed by atoms with E-state index in [1.54, 1.807) is 12.1 Å². The minimum atomic E-state index is -0.547. The van der Waals surface area contributed by atoms with Crippen molar-refractivity contribution in [2.45, 2.75) is 18.3 Å². The second-order valence-electron chi connectivity index (χ2n) is 8.71. The van der Waals surface area contributed by atoms with Crippen molar-refractivity contribution < 1.29 is 23.5 Å². The van der Waals surface area contributed by atoms with E-state index in [2.05, 4.69) is 15.4 Å². The number of rotatable bonds is 5. The molecule has 0 atom stereocenters. The molecule has 2 aromatic heterocycles. The maximum atomic E-state index is 9.74. The van der Waals surface area contributed by atoms with Crippen LogP contribution in [0.3, 0.4) is 0 Å². The van der Waals surface area contributed by atoms with Crippen molar-refractivity contribution in [2.75, 3.05) is 6.79 Å². The lowest BCUT2D eigenvalue weighted by atomic mass is 9.92. The topological polar surface area (TPSA) is 104 Å². The van der Waals surface area contributed by atoms with Gasteiger partial charge in [-0.15, -0.1) is 10.2 Å². The van der Waals surface area contributed by atoms with Crippen LogP contribution in [0.5, 0.6) is 17.2 Å². The molecule has 1 aliphatic carbocycles. The molecule has 8 nitrogen and oxygen atoms in total. The molecule has 0 saturated heterocycles. The molecule has 0 unspecified atom stereocenters. The average Bonchev–Trinajstić information content (AvgIpc) is 3.27. The van der Waals surface area contributed by atoms with E-state index in [1.807, 2.05) is 60.7 Å². The summed E-state index contributed by atoms with van der Waals surface area (Å²) in [6.45, 7) is 0.202. The fraction of sp³-hybridized carbons (Fsp3) is 0.148. The van der Waals surface area contributed by atoms with E-state index in [0.29, 0.717) is 34.7 Å². The maximum Gasteiger partial charge on any atom is 0.247 e. The minimum absolute atomic E-state index is 0.194. The fourth-order valence-electron chi connectivity index (χ4n) is 4.53. The molecule has 0 bridgehead atoms. The van der Waals surface area contributed by atoms with Gasteiger partial charge in [0.15, 0.2) is 17.3 Å². The number of phenols is 1. The summed E-state index contributed by atoms with van der Waals surface area (Å²) in [5.74, 6) is 3.15. The van der Waals surface area contributed by atoms with Gasteiger partial charge in [-0.1, -0.05) is 35.5 Å². The molecule has 0 radical (unpaired) electrons. The number of fused-ring (bicyclic) bond motifs is 1. The van der Waals surface area contributed by atoms with E-state index < -0.39 is 5.41 Å². The number of aromatic hydroxyl groups is 1. The Morgan fingerprint density at radius 3 is 2.34 bits per heavy atom. The van der Waals surface area contributed by atoms with Gasteiger partial charge in [-0.3, -0.25) is 0 Å². The Balaban J connectivity index is 1.33. The zero-order valence-corrected chi connectivity index (χ0v) is 18.5. The third-order valence-corrected chi connectivity index (χ3v) is 6.53. The minimum Gasteiger partial charge on any atom is -0.508 e. The molecule has 3 aromatic carbocycles. The Bertz CT molecular complexity index is 1540. The summed E-state index contributed by atoms with van der Waals surface area (Å²) in [4.78, 5) is 0. The largest absolute Gasteiger partial charge is 0.508 e. The first-order valence-corrected chi connectivity index (χ1v) is 11.3. The number of benzene rings is 3. The molecular weight excluding hydrogens is 446 g/mol. The monoisotopic (exact) mass is 465 g/mol. The van der Waals surface area contributed by atoms with Crippen LogP contribution < -0.4 is 9.47 Å². The van der Waals surface area contributed by atoms with Crippen LogP contribution in [0.4, 0.5) is 0 Å². The number of hydrogen-bond acceptors (Lipinski definition) is 8. The van der Waals surface area contributed by atoms with Crippen LogP contribution >= 0.6 is 0 Å². The standard InChI is InChI=1S/C27H19N3O5/c31-19-9-6-17(7-10-19)23-22(16-4-2-1-3-5-16)24(35-30-23)27(12-13-27)26-29-28-25(34-26)18-8-11-20-21(14-18)33-15-32-20/h1-11,14,31H,12-13,15H2. The van der Waals surface area contributed by atoms with E-state index in [9.17, 15) is 5.11 Å². The summed E-state index contributed by atoms with van der Waals surface area (Å²) < 4.78 is 23.1. The van der Waals surface area contributed by atoms with Gasteiger partial charge >= 0.3 is 0 Å². The first-order valence-electron chi connectivity index (χ1n) is 11.3. The highest BCUT2D eigenvalue weighted by Crippen LogP contribution is 2.57. The van der Waals surface area contributed by atoms with Gasteiger partial charge in [0.05, 0.1) is 5.56 Å². The Kier molecular flexibility index (Phi) is 4.23. The zero-order valence-electron chi connectivity index (χ0n) is 18.5. The van der Waals surface area contributed by atoms with Crippen molar-refractivity contribution in [2.24, 2.45) is 0 Å². The quantitative estimate of drug-likeness (QED) is 0.359. The molecule has 1 saturated carbocycles. The van der Waals surface area contributed by atoms with E-state index in [1.165, 1.54) is 0 Å². The lowest BCUT2D eigenvalue weighted by molar-refractivity contribution is 0.174. The summed E-state index contributed by atoms with van der Waals surface area (Å²) in [7, 11) is 0. The molecule has 1 aliphatic heterocycles. The van der Waals surface area contributed by atoms with Gasteiger partial charge in [0.2, 0.25) is 18.6 Å². The van der Waals surface area contributed by atoms with Crippen LogP contribution in [0.1, 0.15) is 24.5 Å². The molecule has 2 aliphatic rings. The van der Waals surface area contributed by atoms with Crippen LogP contribution in [-0.4, -0.2) is 27.3 Å². The van der Waals surface area contributed by atoms with Gasteiger partial charge in [0.25, 0.3) is 0 Å². The lowest BCUT2D eigenvalue weighted by Gasteiger charge is -2.10. The number of phenolic OH excluding ortho intramolecular Hbond substituents is 1. The summed E-state index contributed by atoms with van der Waals surface area (Å²) >= 11 is 0. The summed E-state index contributed by atoms with van der Waals surface area (Å²) in [6.07, 6.45) is 1.61. The lowest BCUT2D eigenvalue weighted by Crippen LogP contribution is -2.09. The zero-order chi connectivity index (χ0) is 23.4. The van der Waals surface area contributed by atoms with Gasteiger partial charge in [0.1, 0.15) is 16.9 Å². The Morgan fingerprint density at radius 1 is 0.771 bits per heavy atom. The first-order chi connectivity index (χ1) is 17.2. The van der Waals surface area contributed by atoms with Crippen LogP contribution in [0.2, 0.25) is 0 Å². The number of hydrogen-bond donors (Lipinski definition) is 1. The molecule has 0 spiro atoms. The van der Waals surface area contributed by atoms with Crippen molar-refractivity contribution in [3.63, 3.8) is 0 Å². The molecule has 7 rings (SSSR count). The van der Waals surface area contributed by atoms with Gasteiger partial charge < -0.3 is 23.5 Å². The molecule has 172 valence electrons. The molecule has 3 heterocycles. The van der Waals surface area contributed by atoms with Crippen molar-refractivity contribution in [1.82, 2.24) is 15.4 Å². The molecule has 5 aromatic rings. The number of aromatic nitrogens is 3. The number of nitrogens with zero attached hydrogens (tertiary/aromatic N) is 3. The predicted octanol–water partition coefficient (Wildman–Crippen LogP) is 5.57. The van der Waals surface area contributed by atoms with Crippen molar-refractivity contribution in [3.8, 4) is 51.1 Å². The third kappa shape index (κ3) is 3.18. The molecular formula is C27H19N3O5. The van der Waals surface area contributed by atoms with Gasteiger partial charge in [-0.25, -0.2) is 0 Å². The average molecular weight is 465 g/mol. The van der Waals surface area contributed by atoms with Gasteiger partial charge in [0, 0.05) is 11.1 Å². The fourth-order valence-corrected chi connectivity index (χ4v) is 4.53. The van der Waals surface area contributed by atoms with Crippen LogP contribution in [0.25, 0.3) is 33.8 Å².